The van der Waals surface area contributed by atoms with Crippen LogP contribution in [0.15, 0.2) is 41.1 Å². The quantitative estimate of drug-likeness (QED) is 0.854. The van der Waals surface area contributed by atoms with Crippen molar-refractivity contribution in [1.29, 1.82) is 0 Å². The number of rotatable bonds is 4. The maximum Gasteiger partial charge on any atom is 0.121 e. The maximum absolute atomic E-state index is 6.07. The van der Waals surface area contributed by atoms with Crippen LogP contribution in [0, 0.1) is 0 Å². The van der Waals surface area contributed by atoms with Gasteiger partial charge in [0.1, 0.15) is 11.5 Å². The largest absolute Gasteiger partial charge is 0.464 e. The van der Waals surface area contributed by atoms with Crippen LogP contribution in [0.25, 0.3) is 0 Å². The van der Waals surface area contributed by atoms with Gasteiger partial charge in [0, 0.05) is 18.8 Å². The van der Waals surface area contributed by atoms with Crippen molar-refractivity contribution in [2.75, 3.05) is 0 Å². The van der Waals surface area contributed by atoms with E-state index in [1.807, 2.05) is 30.5 Å². The number of pyridine rings is 1. The van der Waals surface area contributed by atoms with Crippen LogP contribution in [0.1, 0.15) is 30.0 Å². The predicted octanol–water partition coefficient (Wildman–Crippen LogP) is 2.48. The number of aryl methyl sites for hydroxylation is 1. The van der Waals surface area contributed by atoms with E-state index in [1.54, 1.807) is 6.20 Å². The summed E-state index contributed by atoms with van der Waals surface area (Å²) in [5, 5.41) is 0. The van der Waals surface area contributed by atoms with Crippen LogP contribution < -0.4 is 5.73 Å². The number of furan rings is 1. The molecule has 3 heteroatoms. The first-order chi connectivity index (χ1) is 7.79. The fraction of sp³-hybridized carbons (Fsp3) is 0.308. The molecule has 2 heterocycles. The first-order valence-corrected chi connectivity index (χ1v) is 5.52. The third-order valence-electron chi connectivity index (χ3n) is 2.57. The minimum absolute atomic E-state index is 0.0931. The Labute approximate surface area is 95.3 Å². The van der Waals surface area contributed by atoms with E-state index in [9.17, 15) is 0 Å². The molecule has 0 saturated heterocycles. The van der Waals surface area contributed by atoms with E-state index in [0.717, 1.165) is 29.9 Å². The molecular weight excluding hydrogens is 200 g/mol. The van der Waals surface area contributed by atoms with Gasteiger partial charge in [-0.1, -0.05) is 13.0 Å². The van der Waals surface area contributed by atoms with Crippen LogP contribution in [0.5, 0.6) is 0 Å². The second kappa shape index (κ2) is 4.94. The van der Waals surface area contributed by atoms with Crippen LogP contribution >= 0.6 is 0 Å². The SMILES string of the molecule is CCc1ccc(C(N)Cc2cccnc2)o1. The molecule has 0 aliphatic carbocycles. The Morgan fingerprint density at radius 3 is 2.88 bits per heavy atom. The fourth-order valence-electron chi connectivity index (χ4n) is 1.66. The molecule has 0 fully saturated rings. The molecule has 0 aliphatic rings. The summed E-state index contributed by atoms with van der Waals surface area (Å²) in [4.78, 5) is 4.07. The Bertz CT molecular complexity index is 436. The van der Waals surface area contributed by atoms with Gasteiger partial charge in [0.05, 0.1) is 6.04 Å². The standard InChI is InChI=1S/C13H16N2O/c1-2-11-5-6-13(16-11)12(14)8-10-4-3-7-15-9-10/h3-7,9,12H,2,8,14H2,1H3. The summed E-state index contributed by atoms with van der Waals surface area (Å²) in [6.45, 7) is 2.06. The third kappa shape index (κ3) is 2.49. The van der Waals surface area contributed by atoms with Gasteiger partial charge in [-0.25, -0.2) is 0 Å². The van der Waals surface area contributed by atoms with Gasteiger partial charge >= 0.3 is 0 Å². The molecule has 1 unspecified atom stereocenters. The summed E-state index contributed by atoms with van der Waals surface area (Å²) in [6.07, 6.45) is 5.25. The van der Waals surface area contributed by atoms with E-state index in [1.165, 1.54) is 0 Å². The van der Waals surface area contributed by atoms with Gasteiger partial charge < -0.3 is 10.2 Å². The Hall–Kier alpha value is -1.61. The zero-order valence-corrected chi connectivity index (χ0v) is 9.39. The Balaban J connectivity index is 2.05. The molecule has 84 valence electrons. The number of nitrogens with zero attached hydrogens (tertiary/aromatic N) is 1. The van der Waals surface area contributed by atoms with E-state index in [0.29, 0.717) is 0 Å². The zero-order valence-electron chi connectivity index (χ0n) is 9.39. The molecule has 2 rings (SSSR count). The Morgan fingerprint density at radius 1 is 1.38 bits per heavy atom. The molecule has 2 aromatic rings. The number of nitrogens with two attached hydrogens (primary N) is 1. The molecule has 0 aromatic carbocycles. The zero-order chi connectivity index (χ0) is 11.4. The minimum Gasteiger partial charge on any atom is -0.464 e. The molecule has 16 heavy (non-hydrogen) atoms. The molecule has 0 radical (unpaired) electrons. The summed E-state index contributed by atoms with van der Waals surface area (Å²) in [6, 6.07) is 7.79. The highest BCUT2D eigenvalue weighted by atomic mass is 16.3. The molecule has 2 aromatic heterocycles. The average molecular weight is 216 g/mol. The minimum atomic E-state index is -0.0931. The first kappa shape index (κ1) is 10.9. The molecule has 1 atom stereocenters. The maximum atomic E-state index is 6.07. The topological polar surface area (TPSA) is 52.0 Å². The Kier molecular flexibility index (Phi) is 3.37. The Morgan fingerprint density at radius 2 is 2.25 bits per heavy atom. The lowest BCUT2D eigenvalue weighted by Gasteiger charge is -2.08. The van der Waals surface area contributed by atoms with Crippen molar-refractivity contribution < 1.29 is 4.42 Å². The second-order valence-corrected chi connectivity index (χ2v) is 3.83. The lowest BCUT2D eigenvalue weighted by molar-refractivity contribution is 0.434. The summed E-state index contributed by atoms with van der Waals surface area (Å²) >= 11 is 0. The molecule has 3 nitrogen and oxygen atoms in total. The summed E-state index contributed by atoms with van der Waals surface area (Å²) in [5.41, 5.74) is 7.20. The smallest absolute Gasteiger partial charge is 0.121 e. The fourth-order valence-corrected chi connectivity index (χ4v) is 1.66. The van der Waals surface area contributed by atoms with Crippen LogP contribution in [-0.4, -0.2) is 4.98 Å². The molecule has 0 spiro atoms. The van der Waals surface area contributed by atoms with E-state index >= 15 is 0 Å². The van der Waals surface area contributed by atoms with E-state index in [-0.39, 0.29) is 6.04 Å². The van der Waals surface area contributed by atoms with E-state index in [2.05, 4.69) is 11.9 Å². The van der Waals surface area contributed by atoms with Crippen molar-refractivity contribution in [3.8, 4) is 0 Å². The van der Waals surface area contributed by atoms with Crippen LogP contribution in [0.2, 0.25) is 0 Å². The predicted molar refractivity (Wildman–Crippen MR) is 63.0 cm³/mol. The molecule has 0 amide bonds. The van der Waals surface area contributed by atoms with E-state index in [4.69, 9.17) is 10.2 Å². The van der Waals surface area contributed by atoms with Gasteiger partial charge in [-0.3, -0.25) is 4.98 Å². The highest BCUT2D eigenvalue weighted by Gasteiger charge is 2.11. The van der Waals surface area contributed by atoms with Crippen molar-refractivity contribution >= 4 is 0 Å². The van der Waals surface area contributed by atoms with Gasteiger partial charge in [-0.15, -0.1) is 0 Å². The van der Waals surface area contributed by atoms with Crippen LogP contribution in [0.4, 0.5) is 0 Å². The summed E-state index contributed by atoms with van der Waals surface area (Å²) < 4.78 is 5.62. The summed E-state index contributed by atoms with van der Waals surface area (Å²) in [5.74, 6) is 1.83. The van der Waals surface area contributed by atoms with Gasteiger partial charge in [-0.2, -0.15) is 0 Å². The number of hydrogen-bond acceptors (Lipinski definition) is 3. The monoisotopic (exact) mass is 216 g/mol. The van der Waals surface area contributed by atoms with Crippen molar-refractivity contribution in [2.45, 2.75) is 25.8 Å². The normalized spacial score (nSPS) is 12.6. The highest BCUT2D eigenvalue weighted by Crippen LogP contribution is 2.18. The van der Waals surface area contributed by atoms with Gasteiger partial charge in [-0.05, 0) is 30.2 Å². The lowest BCUT2D eigenvalue weighted by Crippen LogP contribution is -2.12. The molecule has 0 saturated carbocycles. The van der Waals surface area contributed by atoms with Crippen molar-refractivity contribution in [1.82, 2.24) is 4.98 Å². The van der Waals surface area contributed by atoms with Crippen molar-refractivity contribution in [3.05, 3.63) is 53.7 Å². The number of hydrogen-bond donors (Lipinski definition) is 1. The second-order valence-electron chi connectivity index (χ2n) is 3.83. The average Bonchev–Trinajstić information content (AvgIpc) is 2.79. The third-order valence-corrected chi connectivity index (χ3v) is 2.57. The van der Waals surface area contributed by atoms with E-state index < -0.39 is 0 Å². The molecule has 2 N–H and O–H groups in total. The molecule has 0 aliphatic heterocycles. The van der Waals surface area contributed by atoms with Crippen molar-refractivity contribution in [2.24, 2.45) is 5.73 Å². The molecular formula is C13H16N2O. The summed E-state index contributed by atoms with van der Waals surface area (Å²) in [7, 11) is 0. The van der Waals surface area contributed by atoms with Crippen LogP contribution in [-0.2, 0) is 12.8 Å². The molecule has 0 bridgehead atoms. The first-order valence-electron chi connectivity index (χ1n) is 5.52. The van der Waals surface area contributed by atoms with Gasteiger partial charge in [0.15, 0.2) is 0 Å². The van der Waals surface area contributed by atoms with Gasteiger partial charge in [0.25, 0.3) is 0 Å². The highest BCUT2D eigenvalue weighted by molar-refractivity contribution is 5.16. The number of aromatic nitrogens is 1. The van der Waals surface area contributed by atoms with Gasteiger partial charge in [0.2, 0.25) is 0 Å². The lowest BCUT2D eigenvalue weighted by atomic mass is 10.1. The van der Waals surface area contributed by atoms with Crippen molar-refractivity contribution in [3.63, 3.8) is 0 Å². The van der Waals surface area contributed by atoms with Crippen LogP contribution in [0.3, 0.4) is 0 Å².